The third-order valence-corrected chi connectivity index (χ3v) is 18.5. The molecule has 16 aromatic rings. The molecule has 1 unspecified atom stereocenters. The molecule has 5 aromatic heterocycles. The number of fused-ring (bicyclic) bond motifs is 14. The number of alkyl halides is 6. The van der Waals surface area contributed by atoms with Gasteiger partial charge in [-0.2, -0.15) is 26.3 Å². The Kier molecular flexibility index (Phi) is 18.0. The van der Waals surface area contributed by atoms with Gasteiger partial charge in [0.15, 0.2) is 0 Å². The topological polar surface area (TPSA) is 56.5 Å². The molecule has 0 spiro atoms. The second kappa shape index (κ2) is 26.6. The van der Waals surface area contributed by atoms with E-state index in [1.54, 1.807) is 12.3 Å². The number of nitrogens with zero attached hydrogens (tertiary/aromatic N) is 5. The first kappa shape index (κ1) is 66.4. The van der Waals surface area contributed by atoms with Crippen LogP contribution in [-0.4, -0.2) is 30.7 Å². The third kappa shape index (κ3) is 12.1. The first-order chi connectivity index (χ1) is 46.5. The van der Waals surface area contributed by atoms with Crippen LogP contribution in [0.15, 0.2) is 279 Å². The van der Waals surface area contributed by atoms with E-state index in [0.29, 0.717) is 17.3 Å². The maximum atomic E-state index is 14.4. The zero-order chi connectivity index (χ0) is 65.9. The molecule has 11 aromatic carbocycles. The van der Waals surface area contributed by atoms with E-state index >= 15 is 0 Å². The molecule has 0 N–H and O–H groups in total. The van der Waals surface area contributed by atoms with Crippen molar-refractivity contribution in [2.45, 2.75) is 44.0 Å². The van der Waals surface area contributed by atoms with E-state index in [1.807, 2.05) is 91.3 Å². The molecule has 5 heterocycles. The van der Waals surface area contributed by atoms with Crippen molar-refractivity contribution < 1.29 is 66.6 Å². The summed E-state index contributed by atoms with van der Waals surface area (Å²) in [6.07, 6.45) is -4.29. The summed E-state index contributed by atoms with van der Waals surface area (Å²) in [5, 5.41) is 8.84. The van der Waals surface area contributed by atoms with E-state index in [1.165, 1.54) is 66.8 Å². The maximum Gasteiger partial charge on any atom is 0.416 e. The van der Waals surface area contributed by atoms with Crippen molar-refractivity contribution in [2.24, 2.45) is 0 Å². The number of benzene rings is 11. The normalized spacial score (nSPS) is 13.9. The fraction of sp³-hybridized carbons (Fsp3) is 0.0824. The number of rotatable bonds is 4. The molecule has 0 fully saturated rings. The number of aromatic nitrogens is 5. The number of para-hydroxylation sites is 3. The zero-order valence-corrected chi connectivity index (χ0v) is 57.5. The van der Waals surface area contributed by atoms with E-state index in [2.05, 4.69) is 203 Å². The van der Waals surface area contributed by atoms with Gasteiger partial charge in [-0.3, -0.25) is 4.98 Å². The van der Waals surface area contributed by atoms with Gasteiger partial charge in [-0.15, -0.1) is 117 Å². The Morgan fingerprint density at radius 2 is 1.01 bits per heavy atom. The number of halogens is 6. The minimum absolute atomic E-state index is 0. The van der Waals surface area contributed by atoms with Crippen LogP contribution in [0.4, 0.5) is 26.3 Å². The van der Waals surface area contributed by atoms with E-state index < -0.39 is 28.9 Å². The predicted molar refractivity (Wildman–Crippen MR) is 373 cm³/mol. The maximum absolute atomic E-state index is 14.4. The smallest absolute Gasteiger partial charge is 0.351 e. The van der Waals surface area contributed by atoms with Gasteiger partial charge in [-0.05, 0) is 121 Å². The van der Waals surface area contributed by atoms with E-state index in [4.69, 9.17) is 4.98 Å². The van der Waals surface area contributed by atoms with Crippen molar-refractivity contribution in [3.05, 3.63) is 332 Å². The van der Waals surface area contributed by atoms with Crippen LogP contribution in [0.5, 0.6) is 0 Å². The summed E-state index contributed by atoms with van der Waals surface area (Å²) in [6.45, 7) is 5.53. The van der Waals surface area contributed by atoms with Crippen molar-refractivity contribution in [3.8, 4) is 61.7 Å². The molecule has 0 aliphatic heterocycles. The van der Waals surface area contributed by atoms with Gasteiger partial charge in [-0.1, -0.05) is 205 Å². The molecule has 98 heavy (non-hydrogen) atoms. The van der Waals surface area contributed by atoms with Crippen molar-refractivity contribution in [1.82, 2.24) is 24.5 Å². The molecule has 1 atom stereocenters. The van der Waals surface area contributed by atoms with Crippen molar-refractivity contribution in [1.29, 1.82) is 0 Å². The predicted octanol–water partition coefficient (Wildman–Crippen LogP) is 22.4. The van der Waals surface area contributed by atoms with Crippen LogP contribution >= 0.6 is 0 Å². The van der Waals surface area contributed by atoms with Crippen LogP contribution in [0.2, 0.25) is 0 Å². The van der Waals surface area contributed by atoms with Crippen LogP contribution < -0.4 is 0 Å². The monoisotopic (exact) mass is 1650 g/mol. The number of pyridine rings is 4. The zero-order valence-electron chi connectivity index (χ0n) is 52.7. The first-order valence-electron chi connectivity index (χ1n) is 31.3. The fourth-order valence-electron chi connectivity index (χ4n) is 13.5. The standard InChI is InChI=1S/C25H14F6N.C24H18N.C23H15N2.C13H8N.2Ir/c1-23(25(29,30)31)20-10-15(22-11-14-4-2-3-5-16(14)13-32-22)6-8-18(20)19-9-7-17(12-21(19)23)24(26,27)28;1-24(2)20-9-5-4-8-18(20)19-13-11-17(15-21(19)24)23-14-12-16-7-3-6-10-22(16)25-23;1-2-8-18(9-3-1)25-22-12-5-4-10-19(22)20-16-17(13-14-23(20)25)21-11-6-7-15-24-21;1-2-6-12-10(4-1)7-8-11-5-3-9-14-13(11)12;;/h2-5,7-13H,1H3;3-10,12-15H,1-2H3;1-12,14-16H;1-5,7-9H;;/q4*-1;;. The summed E-state index contributed by atoms with van der Waals surface area (Å²) in [7, 11) is 0. The summed E-state index contributed by atoms with van der Waals surface area (Å²) < 4.78 is 85.1. The summed E-state index contributed by atoms with van der Waals surface area (Å²) >= 11 is 0. The summed E-state index contributed by atoms with van der Waals surface area (Å²) in [4.78, 5) is 18.0. The Morgan fingerprint density at radius 3 is 1.80 bits per heavy atom. The minimum Gasteiger partial charge on any atom is -0.351 e. The van der Waals surface area contributed by atoms with Gasteiger partial charge in [0.2, 0.25) is 0 Å². The SMILES string of the molecule is CC1(C(F)(F)F)c2cc(-c3cc4ccccc4cn3)[c-]cc2-c2ccc(C(F)(F)F)cc21.CC1(C)c2ccccc2-c2c[c-]c(-c3ccc4ccccc4n3)cc21.[Ir].[Ir].[c-]1cc2c(cc1-c1ccccn1)c1ccccc1n2-c1ccccc1.[c-]1cccc2ccc3cccnc3c12. The van der Waals surface area contributed by atoms with Gasteiger partial charge in [0.05, 0.1) is 16.5 Å². The summed E-state index contributed by atoms with van der Waals surface area (Å²) in [5.41, 5.74) is 11.9. The number of hydrogen-bond donors (Lipinski definition) is 0. The van der Waals surface area contributed by atoms with Crippen LogP contribution in [0.1, 0.15) is 48.6 Å². The van der Waals surface area contributed by atoms with Gasteiger partial charge >= 0.3 is 12.4 Å². The third-order valence-electron chi connectivity index (χ3n) is 18.5. The molecular weight excluding hydrogens is 1590 g/mol. The summed E-state index contributed by atoms with van der Waals surface area (Å²) in [5.74, 6) is 0. The molecule has 5 nitrogen and oxygen atoms in total. The van der Waals surface area contributed by atoms with Gasteiger partial charge < -0.3 is 19.5 Å². The second-order valence-corrected chi connectivity index (χ2v) is 24.5. The molecular formula is C85H55F6Ir2N5-4. The molecule has 2 aliphatic rings. The molecule has 484 valence electrons. The average molecular weight is 1640 g/mol. The quantitative estimate of drug-likeness (QED) is 0.100. The molecule has 0 bridgehead atoms. The summed E-state index contributed by atoms with van der Waals surface area (Å²) in [6, 6.07) is 96.6. The van der Waals surface area contributed by atoms with Crippen LogP contribution in [-0.2, 0) is 57.2 Å². The molecule has 18 rings (SSSR count). The molecule has 0 saturated heterocycles. The van der Waals surface area contributed by atoms with Crippen molar-refractivity contribution in [2.75, 3.05) is 0 Å². The van der Waals surface area contributed by atoms with Crippen LogP contribution in [0, 0.1) is 24.3 Å². The average Bonchev–Trinajstić information content (AvgIpc) is 1.56. The second-order valence-electron chi connectivity index (χ2n) is 24.5. The largest absolute Gasteiger partial charge is 0.416 e. The van der Waals surface area contributed by atoms with Gasteiger partial charge in [-0.25, -0.2) is 0 Å². The van der Waals surface area contributed by atoms with Crippen molar-refractivity contribution >= 4 is 65.2 Å². The van der Waals surface area contributed by atoms with Gasteiger partial charge in [0.1, 0.15) is 0 Å². The van der Waals surface area contributed by atoms with E-state index in [0.717, 1.165) is 80.0 Å². The Labute approximate surface area is 589 Å². The van der Waals surface area contributed by atoms with E-state index in [-0.39, 0.29) is 62.3 Å². The number of hydrogen-bond acceptors (Lipinski definition) is 4. The first-order valence-corrected chi connectivity index (χ1v) is 31.3. The molecule has 2 radical (unpaired) electrons. The van der Waals surface area contributed by atoms with Crippen LogP contribution in [0.3, 0.4) is 0 Å². The fourth-order valence-corrected chi connectivity index (χ4v) is 13.5. The van der Waals surface area contributed by atoms with Crippen LogP contribution in [0.25, 0.3) is 127 Å². The Bertz CT molecular complexity index is 5600. The van der Waals surface area contributed by atoms with Crippen molar-refractivity contribution in [3.63, 3.8) is 0 Å². The van der Waals surface area contributed by atoms with Gasteiger partial charge in [0, 0.05) is 70.0 Å². The Hall–Kier alpha value is -10.3. The minimum atomic E-state index is -4.81. The molecule has 0 saturated carbocycles. The Morgan fingerprint density at radius 1 is 0.398 bits per heavy atom. The Balaban J connectivity index is 0.000000120. The molecule has 2 aliphatic carbocycles. The van der Waals surface area contributed by atoms with Gasteiger partial charge in [0.25, 0.3) is 0 Å². The molecule has 13 heteroatoms. The van der Waals surface area contributed by atoms with E-state index in [9.17, 15) is 26.3 Å². The molecule has 0 amide bonds.